The summed E-state index contributed by atoms with van der Waals surface area (Å²) in [5.41, 5.74) is 0.550. The van der Waals surface area contributed by atoms with Gasteiger partial charge in [0.15, 0.2) is 0 Å². The summed E-state index contributed by atoms with van der Waals surface area (Å²) in [6, 6.07) is 5.96. The minimum atomic E-state index is -1.09. The number of nitrogens with zero attached hydrogens (tertiary/aromatic N) is 1. The van der Waals surface area contributed by atoms with E-state index in [4.69, 9.17) is 0 Å². The lowest BCUT2D eigenvalue weighted by Gasteiger charge is -2.19. The van der Waals surface area contributed by atoms with Crippen LogP contribution >= 0.6 is 0 Å². The predicted molar refractivity (Wildman–Crippen MR) is 64.6 cm³/mol. The number of nitrogens with one attached hydrogen (secondary N) is 1. The summed E-state index contributed by atoms with van der Waals surface area (Å²) in [5.74, 6) is -1.33. The van der Waals surface area contributed by atoms with E-state index in [2.05, 4.69) is 10.2 Å². The molecule has 0 unspecified atom stereocenters. The van der Waals surface area contributed by atoms with Gasteiger partial charge in [-0.2, -0.15) is 5.10 Å². The number of carbonyl (C=O) groups is 1. The summed E-state index contributed by atoms with van der Waals surface area (Å²) in [6.45, 7) is 3.17. The molecule has 0 amide bonds. The van der Waals surface area contributed by atoms with Gasteiger partial charge in [-0.1, -0.05) is 12.1 Å². The van der Waals surface area contributed by atoms with Crippen molar-refractivity contribution in [1.29, 1.82) is 0 Å². The number of halogens is 1. The monoisotopic (exact) mass is 248 g/mol. The quantitative estimate of drug-likeness (QED) is 0.877. The molecule has 94 valence electrons. The van der Waals surface area contributed by atoms with E-state index in [1.165, 1.54) is 18.3 Å². The maximum absolute atomic E-state index is 13.2. The third-order valence-electron chi connectivity index (χ3n) is 2.96. The first kappa shape index (κ1) is 12.3. The standard InChI is InChI=1S/C13H13FN2O2/c1-13(2,12(17)18)10-7-15-16-11(10)8-4-3-5-9(14)6-8/h3-7H,1-2H3,(H,15,16)(H,17,18). The second-order valence-corrected chi connectivity index (χ2v) is 4.60. The Morgan fingerprint density at radius 3 is 2.78 bits per heavy atom. The average Bonchev–Trinajstić information content (AvgIpc) is 2.78. The van der Waals surface area contributed by atoms with Crippen molar-refractivity contribution in [2.24, 2.45) is 0 Å². The van der Waals surface area contributed by atoms with Crippen molar-refractivity contribution in [1.82, 2.24) is 10.2 Å². The van der Waals surface area contributed by atoms with Crippen LogP contribution in [0.15, 0.2) is 30.5 Å². The number of H-pyrrole nitrogens is 1. The lowest BCUT2D eigenvalue weighted by atomic mass is 9.84. The first-order valence-electron chi connectivity index (χ1n) is 5.46. The average molecular weight is 248 g/mol. The molecule has 2 aromatic rings. The van der Waals surface area contributed by atoms with Gasteiger partial charge in [0.05, 0.1) is 17.3 Å². The molecular formula is C13H13FN2O2. The first-order chi connectivity index (χ1) is 8.43. The topological polar surface area (TPSA) is 66.0 Å². The van der Waals surface area contributed by atoms with Gasteiger partial charge in [-0.05, 0) is 26.0 Å². The molecule has 0 bridgehead atoms. The lowest BCUT2D eigenvalue weighted by Crippen LogP contribution is -2.28. The molecule has 0 aliphatic heterocycles. The van der Waals surface area contributed by atoms with Crippen LogP contribution in [0.25, 0.3) is 11.3 Å². The van der Waals surface area contributed by atoms with Crippen molar-refractivity contribution in [3.05, 3.63) is 41.8 Å². The van der Waals surface area contributed by atoms with Crippen LogP contribution in [0.1, 0.15) is 19.4 Å². The molecule has 0 spiro atoms. The minimum Gasteiger partial charge on any atom is -0.481 e. The van der Waals surface area contributed by atoms with Gasteiger partial charge in [-0.25, -0.2) is 4.39 Å². The first-order valence-corrected chi connectivity index (χ1v) is 5.46. The maximum Gasteiger partial charge on any atom is 0.313 e. The summed E-state index contributed by atoms with van der Waals surface area (Å²) in [5, 5.41) is 15.8. The van der Waals surface area contributed by atoms with Gasteiger partial charge in [0.2, 0.25) is 0 Å². The normalized spacial score (nSPS) is 11.5. The summed E-state index contributed by atoms with van der Waals surface area (Å²) < 4.78 is 13.2. The van der Waals surface area contributed by atoms with Crippen molar-refractivity contribution in [2.45, 2.75) is 19.3 Å². The zero-order chi connectivity index (χ0) is 13.3. The van der Waals surface area contributed by atoms with Gasteiger partial charge in [0, 0.05) is 11.1 Å². The second kappa shape index (κ2) is 4.25. The van der Waals surface area contributed by atoms with Crippen LogP contribution in [-0.4, -0.2) is 21.3 Å². The highest BCUT2D eigenvalue weighted by Crippen LogP contribution is 2.31. The van der Waals surface area contributed by atoms with E-state index in [-0.39, 0.29) is 5.82 Å². The van der Waals surface area contributed by atoms with Crippen LogP contribution in [0.4, 0.5) is 4.39 Å². The van der Waals surface area contributed by atoms with E-state index in [9.17, 15) is 14.3 Å². The fourth-order valence-corrected chi connectivity index (χ4v) is 1.74. The molecule has 0 fully saturated rings. The number of hydrogen-bond donors (Lipinski definition) is 2. The van der Waals surface area contributed by atoms with Crippen LogP contribution in [0.5, 0.6) is 0 Å². The Hall–Kier alpha value is -2.17. The molecule has 0 saturated heterocycles. The molecule has 4 nitrogen and oxygen atoms in total. The molecule has 2 rings (SSSR count). The van der Waals surface area contributed by atoms with Gasteiger partial charge in [0.1, 0.15) is 5.82 Å². The number of hydrogen-bond acceptors (Lipinski definition) is 2. The third-order valence-corrected chi connectivity index (χ3v) is 2.96. The zero-order valence-corrected chi connectivity index (χ0v) is 10.1. The third kappa shape index (κ3) is 1.99. The van der Waals surface area contributed by atoms with E-state index >= 15 is 0 Å². The molecule has 1 aromatic carbocycles. The summed E-state index contributed by atoms with van der Waals surface area (Å²) in [7, 11) is 0. The van der Waals surface area contributed by atoms with E-state index < -0.39 is 11.4 Å². The molecule has 1 heterocycles. The van der Waals surface area contributed by atoms with Crippen molar-refractivity contribution in [2.75, 3.05) is 0 Å². The molecule has 5 heteroatoms. The van der Waals surface area contributed by atoms with E-state index in [0.717, 1.165) is 0 Å². The van der Waals surface area contributed by atoms with Gasteiger partial charge in [-0.15, -0.1) is 0 Å². The molecule has 1 aromatic heterocycles. The second-order valence-electron chi connectivity index (χ2n) is 4.60. The molecule has 0 saturated carbocycles. The molecule has 2 N–H and O–H groups in total. The van der Waals surface area contributed by atoms with E-state index in [1.807, 2.05) is 0 Å². The zero-order valence-electron chi connectivity index (χ0n) is 10.1. The Balaban J connectivity index is 2.55. The Labute approximate surface area is 103 Å². The van der Waals surface area contributed by atoms with Gasteiger partial charge >= 0.3 is 5.97 Å². The highest BCUT2D eigenvalue weighted by molar-refractivity contribution is 5.83. The molecular weight excluding hydrogens is 235 g/mol. The summed E-state index contributed by atoms with van der Waals surface area (Å²) in [6.07, 6.45) is 1.47. The molecule has 0 atom stereocenters. The van der Waals surface area contributed by atoms with Gasteiger partial charge < -0.3 is 5.11 Å². The SMILES string of the molecule is CC(C)(C(=O)O)c1cn[nH]c1-c1cccc(F)c1. The summed E-state index contributed by atoms with van der Waals surface area (Å²) >= 11 is 0. The number of aliphatic carboxylic acids is 1. The number of aromatic nitrogens is 2. The predicted octanol–water partition coefficient (Wildman–Crippen LogP) is 2.58. The fourth-order valence-electron chi connectivity index (χ4n) is 1.74. The van der Waals surface area contributed by atoms with Crippen molar-refractivity contribution < 1.29 is 14.3 Å². The van der Waals surface area contributed by atoms with Crippen LogP contribution in [-0.2, 0) is 10.2 Å². The largest absolute Gasteiger partial charge is 0.481 e. The van der Waals surface area contributed by atoms with Gasteiger partial charge in [-0.3, -0.25) is 9.89 Å². The Morgan fingerprint density at radius 2 is 2.17 bits per heavy atom. The molecule has 0 radical (unpaired) electrons. The van der Waals surface area contributed by atoms with Crippen molar-refractivity contribution in [3.63, 3.8) is 0 Å². The Kier molecular flexibility index (Phi) is 2.90. The lowest BCUT2D eigenvalue weighted by molar-refractivity contribution is -0.142. The van der Waals surface area contributed by atoms with Crippen molar-refractivity contribution in [3.8, 4) is 11.3 Å². The molecule has 0 aliphatic carbocycles. The van der Waals surface area contributed by atoms with Crippen LogP contribution < -0.4 is 0 Å². The van der Waals surface area contributed by atoms with Crippen LogP contribution in [0.3, 0.4) is 0 Å². The Morgan fingerprint density at radius 1 is 1.44 bits per heavy atom. The highest BCUT2D eigenvalue weighted by atomic mass is 19.1. The Bertz CT molecular complexity index is 590. The van der Waals surface area contributed by atoms with Crippen molar-refractivity contribution >= 4 is 5.97 Å². The number of aromatic amines is 1. The highest BCUT2D eigenvalue weighted by Gasteiger charge is 2.33. The maximum atomic E-state index is 13.2. The van der Waals surface area contributed by atoms with E-state index in [0.29, 0.717) is 16.8 Å². The summed E-state index contributed by atoms with van der Waals surface area (Å²) in [4.78, 5) is 11.3. The number of benzene rings is 1. The van der Waals surface area contributed by atoms with Crippen LogP contribution in [0.2, 0.25) is 0 Å². The van der Waals surface area contributed by atoms with E-state index in [1.54, 1.807) is 26.0 Å². The minimum absolute atomic E-state index is 0.374. The fraction of sp³-hybridized carbons (Fsp3) is 0.231. The number of carboxylic acids is 1. The molecule has 18 heavy (non-hydrogen) atoms. The van der Waals surface area contributed by atoms with Crippen LogP contribution in [0, 0.1) is 5.82 Å². The number of rotatable bonds is 3. The number of carboxylic acid groups (broad SMARTS) is 1. The smallest absolute Gasteiger partial charge is 0.313 e. The van der Waals surface area contributed by atoms with Gasteiger partial charge in [0.25, 0.3) is 0 Å². The molecule has 0 aliphatic rings.